The number of aryl methyl sites for hydroxylation is 1. The first-order valence-corrected chi connectivity index (χ1v) is 6.52. The van der Waals surface area contributed by atoms with E-state index in [0.717, 1.165) is 6.42 Å². The summed E-state index contributed by atoms with van der Waals surface area (Å²) in [6.07, 6.45) is 5.04. The van der Waals surface area contributed by atoms with Crippen LogP contribution in [0.4, 0.5) is 0 Å². The Morgan fingerprint density at radius 1 is 1.28 bits per heavy atom. The summed E-state index contributed by atoms with van der Waals surface area (Å²) >= 11 is 0. The summed E-state index contributed by atoms with van der Waals surface area (Å²) in [7, 11) is 0. The van der Waals surface area contributed by atoms with Gasteiger partial charge in [-0.3, -0.25) is 4.68 Å². The molecule has 0 saturated carbocycles. The van der Waals surface area contributed by atoms with Crippen LogP contribution in [0.5, 0.6) is 0 Å². The smallest absolute Gasteiger partial charge is 0.0717 e. The fourth-order valence-corrected chi connectivity index (χ4v) is 2.99. The van der Waals surface area contributed by atoms with Crippen molar-refractivity contribution in [2.24, 2.45) is 5.73 Å². The lowest BCUT2D eigenvalue weighted by atomic mass is 9.78. The Morgan fingerprint density at radius 2 is 2.00 bits per heavy atom. The number of hydrogen-bond donors (Lipinski definition) is 1. The zero-order valence-corrected chi connectivity index (χ0v) is 10.9. The van der Waals surface area contributed by atoms with Gasteiger partial charge in [0.15, 0.2) is 0 Å². The van der Waals surface area contributed by atoms with E-state index >= 15 is 0 Å². The quantitative estimate of drug-likeness (QED) is 0.834. The summed E-state index contributed by atoms with van der Waals surface area (Å²) in [5.41, 5.74) is 10.3. The molecule has 0 spiro atoms. The van der Waals surface area contributed by atoms with E-state index in [1.165, 1.54) is 16.7 Å². The minimum atomic E-state index is 0.0386. The van der Waals surface area contributed by atoms with Crippen molar-refractivity contribution in [1.29, 1.82) is 0 Å². The highest BCUT2D eigenvalue weighted by Gasteiger charge is 2.31. The number of benzene rings is 1. The summed E-state index contributed by atoms with van der Waals surface area (Å²) in [6, 6.07) is 8.83. The van der Waals surface area contributed by atoms with Gasteiger partial charge >= 0.3 is 0 Å². The van der Waals surface area contributed by atoms with Crippen LogP contribution in [0, 0.1) is 6.92 Å². The average Bonchev–Trinajstić information content (AvgIpc) is 2.80. The number of hydrogen-bond acceptors (Lipinski definition) is 2. The second kappa shape index (κ2) is 4.25. The molecule has 0 saturated heterocycles. The van der Waals surface area contributed by atoms with E-state index in [2.05, 4.69) is 49.4 Å². The van der Waals surface area contributed by atoms with Crippen LogP contribution < -0.4 is 5.73 Å². The molecule has 0 aliphatic heterocycles. The molecule has 0 bridgehead atoms. The number of nitrogens with zero attached hydrogens (tertiary/aromatic N) is 2. The predicted octanol–water partition coefficient (Wildman–Crippen LogP) is 2.94. The van der Waals surface area contributed by atoms with Gasteiger partial charge in [0, 0.05) is 6.20 Å². The molecule has 2 aromatic rings. The largest absolute Gasteiger partial charge is 0.322 e. The van der Waals surface area contributed by atoms with E-state index in [9.17, 15) is 0 Å². The van der Waals surface area contributed by atoms with Gasteiger partial charge in [0.05, 0.1) is 18.3 Å². The number of rotatable bonds is 1. The van der Waals surface area contributed by atoms with Crippen molar-refractivity contribution in [1.82, 2.24) is 9.78 Å². The maximum absolute atomic E-state index is 6.43. The number of aromatic nitrogens is 2. The highest BCUT2D eigenvalue weighted by Crippen LogP contribution is 2.41. The molecule has 0 fully saturated rings. The molecule has 2 N–H and O–H groups in total. The first kappa shape index (κ1) is 11.5. The molecule has 0 amide bonds. The lowest BCUT2D eigenvalue weighted by Crippen LogP contribution is -2.31. The van der Waals surface area contributed by atoms with Crippen molar-refractivity contribution >= 4 is 0 Å². The van der Waals surface area contributed by atoms with Gasteiger partial charge in [-0.2, -0.15) is 5.10 Å². The highest BCUT2D eigenvalue weighted by molar-refractivity contribution is 5.36. The molecule has 1 aromatic carbocycles. The third-order valence-corrected chi connectivity index (χ3v) is 3.97. The zero-order valence-electron chi connectivity index (χ0n) is 10.9. The van der Waals surface area contributed by atoms with Crippen LogP contribution in [0.15, 0.2) is 36.7 Å². The summed E-state index contributed by atoms with van der Waals surface area (Å²) in [5.74, 6) is 0.538. The van der Waals surface area contributed by atoms with E-state index in [-0.39, 0.29) is 12.1 Å². The van der Waals surface area contributed by atoms with Crippen molar-refractivity contribution in [2.45, 2.75) is 38.3 Å². The standard InChI is InChI=1S/C15H19N3/c1-10-8-17-18(9-10)14-7-11(2)12-5-3-4-6-13(12)15(14)16/h3-6,8-9,11,14-15H,7,16H2,1-2H3. The number of fused-ring (bicyclic) bond motifs is 1. The Bertz CT molecular complexity index is 558. The van der Waals surface area contributed by atoms with Crippen molar-refractivity contribution < 1.29 is 0 Å². The van der Waals surface area contributed by atoms with Crippen LogP contribution in [-0.4, -0.2) is 9.78 Å². The van der Waals surface area contributed by atoms with Crippen LogP contribution >= 0.6 is 0 Å². The average molecular weight is 241 g/mol. The van der Waals surface area contributed by atoms with Gasteiger partial charge in [-0.25, -0.2) is 0 Å². The summed E-state index contributed by atoms with van der Waals surface area (Å²) in [5, 5.41) is 4.43. The lowest BCUT2D eigenvalue weighted by Gasteiger charge is -2.35. The van der Waals surface area contributed by atoms with Crippen LogP contribution in [0.3, 0.4) is 0 Å². The SMILES string of the molecule is Cc1cnn(C2CC(C)c3ccccc3C2N)c1. The van der Waals surface area contributed by atoms with E-state index in [0.29, 0.717) is 5.92 Å². The highest BCUT2D eigenvalue weighted by atomic mass is 15.3. The van der Waals surface area contributed by atoms with Crippen molar-refractivity contribution in [3.8, 4) is 0 Å². The Hall–Kier alpha value is -1.61. The molecule has 18 heavy (non-hydrogen) atoms. The van der Waals surface area contributed by atoms with Gasteiger partial charge < -0.3 is 5.73 Å². The summed E-state index contributed by atoms with van der Waals surface area (Å²) in [6.45, 7) is 4.34. The molecular formula is C15H19N3. The summed E-state index contributed by atoms with van der Waals surface area (Å²) < 4.78 is 2.03. The topological polar surface area (TPSA) is 43.8 Å². The van der Waals surface area contributed by atoms with Crippen molar-refractivity contribution in [2.75, 3.05) is 0 Å². The van der Waals surface area contributed by atoms with Gasteiger partial charge in [0.25, 0.3) is 0 Å². The Morgan fingerprint density at radius 3 is 2.67 bits per heavy atom. The normalized spacial score (nSPS) is 26.9. The van der Waals surface area contributed by atoms with E-state index in [1.54, 1.807) is 0 Å². The second-order valence-corrected chi connectivity index (χ2v) is 5.36. The number of nitrogens with two attached hydrogens (primary N) is 1. The van der Waals surface area contributed by atoms with Crippen molar-refractivity contribution in [3.05, 3.63) is 53.3 Å². The van der Waals surface area contributed by atoms with Crippen LogP contribution in [0.25, 0.3) is 0 Å². The van der Waals surface area contributed by atoms with Gasteiger partial charge in [0.2, 0.25) is 0 Å². The monoisotopic (exact) mass is 241 g/mol. The van der Waals surface area contributed by atoms with E-state index in [4.69, 9.17) is 5.73 Å². The van der Waals surface area contributed by atoms with Gasteiger partial charge in [-0.1, -0.05) is 31.2 Å². The third kappa shape index (κ3) is 1.75. The second-order valence-electron chi connectivity index (χ2n) is 5.36. The minimum Gasteiger partial charge on any atom is -0.322 e. The molecule has 1 aliphatic rings. The van der Waals surface area contributed by atoms with Gasteiger partial charge in [-0.05, 0) is 36.0 Å². The Labute approximate surface area is 108 Å². The molecule has 0 radical (unpaired) electrons. The van der Waals surface area contributed by atoms with E-state index in [1.807, 2.05) is 10.9 Å². The van der Waals surface area contributed by atoms with Crippen LogP contribution in [0.2, 0.25) is 0 Å². The van der Waals surface area contributed by atoms with Crippen molar-refractivity contribution in [3.63, 3.8) is 0 Å². The Kier molecular flexibility index (Phi) is 2.71. The van der Waals surface area contributed by atoms with Gasteiger partial charge in [-0.15, -0.1) is 0 Å². The molecule has 3 rings (SSSR count). The van der Waals surface area contributed by atoms with Crippen LogP contribution in [-0.2, 0) is 0 Å². The maximum Gasteiger partial charge on any atom is 0.0717 e. The molecule has 94 valence electrons. The molecule has 1 aromatic heterocycles. The van der Waals surface area contributed by atoms with E-state index < -0.39 is 0 Å². The fraction of sp³-hybridized carbons (Fsp3) is 0.400. The van der Waals surface area contributed by atoms with Crippen LogP contribution in [0.1, 0.15) is 48.0 Å². The zero-order chi connectivity index (χ0) is 12.7. The Balaban J connectivity index is 2.01. The minimum absolute atomic E-state index is 0.0386. The first-order chi connectivity index (χ1) is 8.66. The molecule has 1 heterocycles. The predicted molar refractivity (Wildman–Crippen MR) is 72.4 cm³/mol. The third-order valence-electron chi connectivity index (χ3n) is 3.97. The lowest BCUT2D eigenvalue weighted by molar-refractivity contribution is 0.319. The molecular weight excluding hydrogens is 222 g/mol. The maximum atomic E-state index is 6.43. The molecule has 3 atom stereocenters. The summed E-state index contributed by atoms with van der Waals surface area (Å²) in [4.78, 5) is 0. The molecule has 1 aliphatic carbocycles. The molecule has 3 nitrogen and oxygen atoms in total. The fourth-order valence-electron chi connectivity index (χ4n) is 2.99. The molecule has 3 heteroatoms. The molecule has 3 unspecified atom stereocenters. The first-order valence-electron chi connectivity index (χ1n) is 6.52. The van der Waals surface area contributed by atoms with Gasteiger partial charge in [0.1, 0.15) is 0 Å².